The number of rotatable bonds is 3. The van der Waals surface area contributed by atoms with Gasteiger partial charge in [0.15, 0.2) is 5.82 Å². The molecule has 0 aromatic carbocycles. The van der Waals surface area contributed by atoms with Crippen LogP contribution in [0.15, 0.2) is 10.6 Å². The number of nitrogens with zero attached hydrogens (tertiary/aromatic N) is 4. The molecule has 1 atom stereocenters. The zero-order valence-corrected chi connectivity index (χ0v) is 11.9. The highest BCUT2D eigenvalue weighted by molar-refractivity contribution is 5.92. The van der Waals surface area contributed by atoms with Gasteiger partial charge in [0.1, 0.15) is 5.69 Å². The van der Waals surface area contributed by atoms with Crippen molar-refractivity contribution in [2.24, 2.45) is 0 Å². The quantitative estimate of drug-likeness (QED) is 0.932. The Morgan fingerprint density at radius 2 is 2.29 bits per heavy atom. The molecule has 4 rings (SSSR count). The van der Waals surface area contributed by atoms with Crippen LogP contribution < -0.4 is 0 Å². The summed E-state index contributed by atoms with van der Waals surface area (Å²) >= 11 is 0. The lowest BCUT2D eigenvalue weighted by Crippen LogP contribution is -2.31. The Labute approximate surface area is 121 Å². The van der Waals surface area contributed by atoms with Crippen LogP contribution in [-0.2, 0) is 0 Å². The van der Waals surface area contributed by atoms with Gasteiger partial charge in [-0.05, 0) is 38.7 Å². The van der Waals surface area contributed by atoms with Crippen LogP contribution in [0, 0.1) is 6.92 Å². The molecular formula is C14H17N5O2. The number of likely N-dealkylation sites (tertiary alicyclic amines) is 1. The van der Waals surface area contributed by atoms with Gasteiger partial charge < -0.3 is 9.42 Å². The Balaban J connectivity index is 1.57. The summed E-state index contributed by atoms with van der Waals surface area (Å²) in [5.74, 6) is 1.72. The molecule has 0 spiro atoms. The van der Waals surface area contributed by atoms with E-state index < -0.39 is 0 Å². The summed E-state index contributed by atoms with van der Waals surface area (Å²) in [5, 5.41) is 10.9. The van der Waals surface area contributed by atoms with E-state index in [-0.39, 0.29) is 11.9 Å². The number of aromatic amines is 1. The molecule has 0 unspecified atom stereocenters. The number of amides is 1. The monoisotopic (exact) mass is 287 g/mol. The average molecular weight is 287 g/mol. The maximum Gasteiger partial charge on any atom is 0.274 e. The minimum Gasteiger partial charge on any atom is -0.339 e. The number of nitrogens with one attached hydrogen (secondary N) is 1. The van der Waals surface area contributed by atoms with E-state index in [0.29, 0.717) is 24.0 Å². The summed E-state index contributed by atoms with van der Waals surface area (Å²) in [7, 11) is 0. The van der Waals surface area contributed by atoms with Crippen molar-refractivity contribution in [2.45, 2.75) is 44.6 Å². The average Bonchev–Trinajstić information content (AvgIpc) is 2.94. The fourth-order valence-corrected chi connectivity index (χ4v) is 2.83. The van der Waals surface area contributed by atoms with Crippen LogP contribution in [0.1, 0.15) is 65.5 Å². The Kier molecular flexibility index (Phi) is 2.80. The molecule has 1 N–H and O–H groups in total. The minimum atomic E-state index is -0.0919. The largest absolute Gasteiger partial charge is 0.339 e. The lowest BCUT2D eigenvalue weighted by Gasteiger charge is -2.20. The topological polar surface area (TPSA) is 87.9 Å². The van der Waals surface area contributed by atoms with Gasteiger partial charge in [-0.3, -0.25) is 9.89 Å². The molecule has 1 aliphatic carbocycles. The SMILES string of the molecule is Cc1cc(C(=O)N2CCC[C@@H]2c2noc(C3CC3)n2)n[nH]1. The number of hydrogen-bond acceptors (Lipinski definition) is 5. The highest BCUT2D eigenvalue weighted by Crippen LogP contribution is 2.40. The van der Waals surface area contributed by atoms with E-state index in [1.54, 1.807) is 11.0 Å². The molecule has 7 heteroatoms. The first-order chi connectivity index (χ1) is 10.2. The summed E-state index contributed by atoms with van der Waals surface area (Å²) in [4.78, 5) is 18.8. The fourth-order valence-electron chi connectivity index (χ4n) is 2.83. The summed E-state index contributed by atoms with van der Waals surface area (Å²) in [6.07, 6.45) is 4.08. The second-order valence-electron chi connectivity index (χ2n) is 5.86. The van der Waals surface area contributed by atoms with Gasteiger partial charge >= 0.3 is 0 Å². The third-order valence-corrected chi connectivity index (χ3v) is 4.12. The molecule has 2 aliphatic rings. The van der Waals surface area contributed by atoms with Crippen molar-refractivity contribution >= 4 is 5.91 Å². The van der Waals surface area contributed by atoms with E-state index in [1.165, 1.54) is 0 Å². The van der Waals surface area contributed by atoms with Gasteiger partial charge in [0.25, 0.3) is 5.91 Å². The molecule has 0 bridgehead atoms. The van der Waals surface area contributed by atoms with Crippen LogP contribution in [0.5, 0.6) is 0 Å². The second kappa shape index (κ2) is 4.68. The predicted molar refractivity (Wildman–Crippen MR) is 72.6 cm³/mol. The predicted octanol–water partition coefficient (Wildman–Crippen LogP) is 1.96. The maximum absolute atomic E-state index is 12.6. The molecule has 1 aliphatic heterocycles. The van der Waals surface area contributed by atoms with Gasteiger partial charge in [-0.15, -0.1) is 0 Å². The Morgan fingerprint density at radius 1 is 1.43 bits per heavy atom. The lowest BCUT2D eigenvalue weighted by molar-refractivity contribution is 0.0722. The van der Waals surface area contributed by atoms with Gasteiger partial charge in [0.05, 0.1) is 6.04 Å². The summed E-state index contributed by atoms with van der Waals surface area (Å²) in [6.45, 7) is 2.59. The third-order valence-electron chi connectivity index (χ3n) is 4.12. The lowest BCUT2D eigenvalue weighted by atomic mass is 10.2. The number of aryl methyl sites for hydroxylation is 1. The van der Waals surface area contributed by atoms with Crippen LogP contribution in [0.25, 0.3) is 0 Å². The Hall–Kier alpha value is -2.18. The van der Waals surface area contributed by atoms with Crippen molar-refractivity contribution in [2.75, 3.05) is 6.54 Å². The maximum atomic E-state index is 12.6. The molecule has 0 radical (unpaired) electrons. The summed E-state index contributed by atoms with van der Waals surface area (Å²) < 4.78 is 5.32. The fraction of sp³-hybridized carbons (Fsp3) is 0.571. The van der Waals surface area contributed by atoms with E-state index in [2.05, 4.69) is 20.3 Å². The van der Waals surface area contributed by atoms with E-state index in [1.807, 2.05) is 6.92 Å². The van der Waals surface area contributed by atoms with E-state index in [9.17, 15) is 4.79 Å². The molecule has 3 heterocycles. The highest BCUT2D eigenvalue weighted by atomic mass is 16.5. The summed E-state index contributed by atoms with van der Waals surface area (Å²) in [6, 6.07) is 1.68. The zero-order valence-electron chi connectivity index (χ0n) is 11.9. The van der Waals surface area contributed by atoms with Crippen molar-refractivity contribution in [3.8, 4) is 0 Å². The van der Waals surface area contributed by atoms with Gasteiger partial charge in [0, 0.05) is 18.2 Å². The number of hydrogen-bond donors (Lipinski definition) is 1. The smallest absolute Gasteiger partial charge is 0.274 e. The number of H-pyrrole nitrogens is 1. The van der Waals surface area contributed by atoms with Crippen molar-refractivity contribution in [1.82, 2.24) is 25.2 Å². The third kappa shape index (κ3) is 2.22. The number of carbonyl (C=O) groups excluding carboxylic acids is 1. The highest BCUT2D eigenvalue weighted by Gasteiger charge is 2.36. The normalized spacial score (nSPS) is 22.0. The van der Waals surface area contributed by atoms with Crippen molar-refractivity contribution in [1.29, 1.82) is 0 Å². The first-order valence-electron chi connectivity index (χ1n) is 7.39. The van der Waals surface area contributed by atoms with E-state index >= 15 is 0 Å². The Bertz CT molecular complexity index is 672. The molecule has 110 valence electrons. The van der Waals surface area contributed by atoms with Crippen molar-refractivity contribution < 1.29 is 9.32 Å². The van der Waals surface area contributed by atoms with Crippen LogP contribution in [-0.4, -0.2) is 37.7 Å². The molecule has 21 heavy (non-hydrogen) atoms. The van der Waals surface area contributed by atoms with Crippen molar-refractivity contribution in [3.05, 3.63) is 29.2 Å². The first-order valence-corrected chi connectivity index (χ1v) is 7.39. The second-order valence-corrected chi connectivity index (χ2v) is 5.86. The van der Waals surface area contributed by atoms with Crippen LogP contribution in [0.2, 0.25) is 0 Å². The summed E-state index contributed by atoms with van der Waals surface area (Å²) in [5.41, 5.74) is 1.33. The molecule has 2 aromatic rings. The molecule has 1 amide bonds. The number of aromatic nitrogens is 4. The van der Waals surface area contributed by atoms with Crippen molar-refractivity contribution in [3.63, 3.8) is 0 Å². The van der Waals surface area contributed by atoms with Crippen LogP contribution in [0.3, 0.4) is 0 Å². The first kappa shape index (κ1) is 12.6. The van der Waals surface area contributed by atoms with Gasteiger partial charge in [-0.25, -0.2) is 0 Å². The minimum absolute atomic E-state index is 0.0698. The zero-order chi connectivity index (χ0) is 14.4. The standard InChI is InChI=1S/C14H17N5O2/c1-8-7-10(17-16-8)14(20)19-6-2-3-11(19)12-15-13(21-18-12)9-4-5-9/h7,9,11H,2-6H2,1H3,(H,16,17)/t11-/m1/s1. The molecule has 2 fully saturated rings. The Morgan fingerprint density at radius 3 is 3.00 bits per heavy atom. The van der Waals surface area contributed by atoms with Crippen LogP contribution in [0.4, 0.5) is 0 Å². The van der Waals surface area contributed by atoms with Gasteiger partial charge in [-0.1, -0.05) is 5.16 Å². The van der Waals surface area contributed by atoms with E-state index in [4.69, 9.17) is 4.52 Å². The molecule has 2 aromatic heterocycles. The van der Waals surface area contributed by atoms with Gasteiger partial charge in [0.2, 0.25) is 5.89 Å². The molecule has 1 saturated carbocycles. The molecule has 7 nitrogen and oxygen atoms in total. The number of carbonyl (C=O) groups is 1. The molecule has 1 saturated heterocycles. The molecular weight excluding hydrogens is 270 g/mol. The van der Waals surface area contributed by atoms with Gasteiger partial charge in [-0.2, -0.15) is 10.1 Å². The van der Waals surface area contributed by atoms with Crippen LogP contribution >= 0.6 is 0 Å². The van der Waals surface area contributed by atoms with E-state index in [0.717, 1.165) is 37.3 Å².